The highest BCUT2D eigenvalue weighted by Gasteiger charge is 2.28. The van der Waals surface area contributed by atoms with E-state index in [4.69, 9.17) is 4.74 Å². The Morgan fingerprint density at radius 1 is 1.00 bits per heavy atom. The highest BCUT2D eigenvalue weighted by molar-refractivity contribution is 7.89. The number of benzene rings is 2. The van der Waals surface area contributed by atoms with Gasteiger partial charge in [-0.25, -0.2) is 17.9 Å². The molecule has 7 heteroatoms. The van der Waals surface area contributed by atoms with E-state index in [1.165, 1.54) is 31.2 Å². The fourth-order valence-corrected chi connectivity index (χ4v) is 3.98. The number of rotatable bonds is 7. The summed E-state index contributed by atoms with van der Waals surface area (Å²) in [6.45, 7) is 5.39. The van der Waals surface area contributed by atoms with Crippen LogP contribution >= 0.6 is 0 Å². The smallest absolute Gasteiger partial charge is 0.338 e. The average Bonchev–Trinajstić information content (AvgIpc) is 3.46. The van der Waals surface area contributed by atoms with E-state index < -0.39 is 22.1 Å². The van der Waals surface area contributed by atoms with E-state index in [0.717, 1.165) is 24.0 Å². The summed E-state index contributed by atoms with van der Waals surface area (Å²) in [7, 11) is -3.58. The van der Waals surface area contributed by atoms with E-state index >= 15 is 0 Å². The minimum absolute atomic E-state index is 0.00640. The van der Waals surface area contributed by atoms with Crippen LogP contribution in [0.25, 0.3) is 0 Å². The maximum Gasteiger partial charge on any atom is 0.338 e. The van der Waals surface area contributed by atoms with Gasteiger partial charge in [-0.2, -0.15) is 0 Å². The molecule has 2 aromatic rings. The van der Waals surface area contributed by atoms with Gasteiger partial charge in [0.25, 0.3) is 0 Å². The van der Waals surface area contributed by atoms with Crippen molar-refractivity contribution >= 4 is 21.8 Å². The van der Waals surface area contributed by atoms with Crippen molar-refractivity contribution in [3.63, 3.8) is 0 Å². The molecule has 0 radical (unpaired) electrons. The summed E-state index contributed by atoms with van der Waals surface area (Å²) < 4.78 is 32.2. The van der Waals surface area contributed by atoms with Gasteiger partial charge in [0.05, 0.1) is 10.5 Å². The van der Waals surface area contributed by atoms with Gasteiger partial charge in [0, 0.05) is 11.6 Å². The second kappa shape index (κ2) is 7.85. The van der Waals surface area contributed by atoms with Crippen LogP contribution in [0, 0.1) is 13.8 Å². The minimum atomic E-state index is -3.58. The molecule has 28 heavy (non-hydrogen) atoms. The molecule has 1 aliphatic rings. The predicted octanol–water partition coefficient (Wildman–Crippen LogP) is 3.17. The van der Waals surface area contributed by atoms with E-state index in [-0.39, 0.29) is 22.3 Å². The Labute approximate surface area is 165 Å². The topological polar surface area (TPSA) is 89.5 Å². The van der Waals surface area contributed by atoms with Crippen molar-refractivity contribution in [2.45, 2.75) is 50.7 Å². The maximum absolute atomic E-state index is 12.5. The third-order valence-corrected chi connectivity index (χ3v) is 6.28. The Bertz CT molecular complexity index is 1010. The molecule has 0 bridgehead atoms. The molecule has 0 aromatic heterocycles. The zero-order valence-electron chi connectivity index (χ0n) is 16.1. The van der Waals surface area contributed by atoms with E-state index in [0.29, 0.717) is 5.56 Å². The molecule has 0 amide bonds. The largest absolute Gasteiger partial charge is 0.451 e. The van der Waals surface area contributed by atoms with E-state index in [1.807, 2.05) is 19.9 Å². The van der Waals surface area contributed by atoms with Gasteiger partial charge in [0.15, 0.2) is 6.10 Å². The lowest BCUT2D eigenvalue weighted by molar-refractivity contribution is 0.0318. The first-order valence-electron chi connectivity index (χ1n) is 9.12. The molecule has 0 saturated heterocycles. The summed E-state index contributed by atoms with van der Waals surface area (Å²) in [5.74, 6) is -0.965. The van der Waals surface area contributed by atoms with Crippen molar-refractivity contribution in [1.82, 2.24) is 4.72 Å². The van der Waals surface area contributed by atoms with Crippen LogP contribution in [-0.2, 0) is 14.8 Å². The number of ether oxygens (including phenoxy) is 1. The Morgan fingerprint density at radius 2 is 1.61 bits per heavy atom. The molecule has 1 saturated carbocycles. The molecule has 1 N–H and O–H groups in total. The Morgan fingerprint density at radius 3 is 2.18 bits per heavy atom. The first-order chi connectivity index (χ1) is 13.2. The molecule has 148 valence electrons. The summed E-state index contributed by atoms with van der Waals surface area (Å²) >= 11 is 0. The quantitative estimate of drug-likeness (QED) is 0.569. The molecule has 2 aromatic carbocycles. The van der Waals surface area contributed by atoms with Gasteiger partial charge in [0.2, 0.25) is 15.8 Å². The molecular weight excluding hydrogens is 378 g/mol. The van der Waals surface area contributed by atoms with Crippen LogP contribution in [0.3, 0.4) is 0 Å². The third-order valence-electron chi connectivity index (χ3n) is 4.74. The van der Waals surface area contributed by atoms with Crippen LogP contribution in [0.1, 0.15) is 51.6 Å². The zero-order chi connectivity index (χ0) is 20.5. The van der Waals surface area contributed by atoms with Gasteiger partial charge in [-0.15, -0.1) is 0 Å². The Kier molecular flexibility index (Phi) is 5.67. The fourth-order valence-electron chi connectivity index (χ4n) is 2.67. The van der Waals surface area contributed by atoms with Crippen molar-refractivity contribution in [3.05, 3.63) is 64.7 Å². The second-order valence-corrected chi connectivity index (χ2v) is 8.84. The molecule has 0 heterocycles. The summed E-state index contributed by atoms with van der Waals surface area (Å²) in [4.78, 5) is 24.9. The molecule has 0 aliphatic heterocycles. The summed E-state index contributed by atoms with van der Waals surface area (Å²) in [5, 5.41) is 0. The molecule has 1 aliphatic carbocycles. The number of aryl methyl sites for hydroxylation is 2. The average molecular weight is 401 g/mol. The Balaban J connectivity index is 1.66. The number of carbonyl (C=O) groups is 2. The van der Waals surface area contributed by atoms with Crippen molar-refractivity contribution in [3.8, 4) is 0 Å². The molecule has 6 nitrogen and oxygen atoms in total. The number of nitrogens with one attached hydrogen (secondary N) is 1. The monoisotopic (exact) mass is 401 g/mol. The first kappa shape index (κ1) is 20.2. The second-order valence-electron chi connectivity index (χ2n) is 7.13. The van der Waals surface area contributed by atoms with Crippen molar-refractivity contribution in [2.24, 2.45) is 0 Å². The van der Waals surface area contributed by atoms with Crippen molar-refractivity contribution in [2.75, 3.05) is 0 Å². The van der Waals surface area contributed by atoms with Crippen LogP contribution in [0.2, 0.25) is 0 Å². The molecule has 0 spiro atoms. The number of ketones is 1. The maximum atomic E-state index is 12.5. The fraction of sp³-hybridized carbons (Fsp3) is 0.333. The molecule has 1 atom stereocenters. The Hall–Kier alpha value is -2.51. The van der Waals surface area contributed by atoms with Gasteiger partial charge in [-0.3, -0.25) is 4.79 Å². The third kappa shape index (κ3) is 4.66. The van der Waals surface area contributed by atoms with E-state index in [9.17, 15) is 18.0 Å². The van der Waals surface area contributed by atoms with Crippen molar-refractivity contribution in [1.29, 1.82) is 0 Å². The number of esters is 1. The lowest BCUT2D eigenvalue weighted by Gasteiger charge is -2.13. The standard InChI is InChI=1S/C21H23NO5S/c1-13-4-5-17(12-14(13)2)20(23)15(3)27-21(24)16-6-10-19(11-7-16)28(25,26)22-18-8-9-18/h4-7,10-12,15,18,22H,8-9H2,1-3H3/t15-/m1/s1. The van der Waals surface area contributed by atoms with Gasteiger partial charge in [-0.1, -0.05) is 12.1 Å². The lowest BCUT2D eigenvalue weighted by atomic mass is 10.0. The predicted molar refractivity (Wildman–Crippen MR) is 105 cm³/mol. The lowest BCUT2D eigenvalue weighted by Crippen LogP contribution is -2.26. The number of carbonyl (C=O) groups excluding carboxylic acids is 2. The summed E-state index contributed by atoms with van der Waals surface area (Å²) in [6, 6.07) is 10.8. The number of Topliss-reactive ketones (excluding diaryl/α,β-unsaturated/α-hetero) is 1. The van der Waals surface area contributed by atoms with Gasteiger partial charge in [-0.05, 0) is 75.1 Å². The van der Waals surface area contributed by atoms with Crippen LogP contribution in [0.15, 0.2) is 47.4 Å². The molecule has 0 unspecified atom stereocenters. The van der Waals surface area contributed by atoms with Crippen LogP contribution < -0.4 is 4.72 Å². The summed E-state index contributed by atoms with van der Waals surface area (Å²) in [6.07, 6.45) is 0.737. The number of hydrogen-bond acceptors (Lipinski definition) is 5. The molecule has 1 fully saturated rings. The highest BCUT2D eigenvalue weighted by Crippen LogP contribution is 2.22. The van der Waals surface area contributed by atoms with E-state index in [2.05, 4.69) is 4.72 Å². The minimum Gasteiger partial charge on any atom is -0.451 e. The van der Waals surface area contributed by atoms with Gasteiger partial charge in [0.1, 0.15) is 0 Å². The zero-order valence-corrected chi connectivity index (χ0v) is 16.9. The van der Waals surface area contributed by atoms with E-state index in [1.54, 1.807) is 12.1 Å². The van der Waals surface area contributed by atoms with Crippen LogP contribution in [0.4, 0.5) is 0 Å². The molecule has 3 rings (SSSR count). The first-order valence-corrected chi connectivity index (χ1v) is 10.6. The number of sulfonamides is 1. The highest BCUT2D eigenvalue weighted by atomic mass is 32.2. The number of hydrogen-bond donors (Lipinski definition) is 1. The van der Waals surface area contributed by atoms with Gasteiger partial charge < -0.3 is 4.74 Å². The van der Waals surface area contributed by atoms with Crippen LogP contribution in [0.5, 0.6) is 0 Å². The SMILES string of the molecule is Cc1ccc(C(=O)[C@@H](C)OC(=O)c2ccc(S(=O)(=O)NC3CC3)cc2)cc1C. The van der Waals surface area contributed by atoms with Crippen LogP contribution in [-0.4, -0.2) is 32.3 Å². The van der Waals surface area contributed by atoms with Gasteiger partial charge >= 0.3 is 5.97 Å². The van der Waals surface area contributed by atoms with Crippen molar-refractivity contribution < 1.29 is 22.7 Å². The summed E-state index contributed by atoms with van der Waals surface area (Å²) in [5.41, 5.74) is 2.73. The molecular formula is C21H23NO5S. The normalized spacial score (nSPS) is 15.1.